The number of aryl methyl sites for hydroxylation is 2. The first-order chi connectivity index (χ1) is 12.8. The Morgan fingerprint density at radius 3 is 2.48 bits per heavy atom. The van der Waals surface area contributed by atoms with E-state index in [-0.39, 0.29) is 16.7 Å². The molecule has 0 spiro atoms. The lowest BCUT2D eigenvalue weighted by molar-refractivity contribution is 0.0314. The Morgan fingerprint density at radius 1 is 1.11 bits per heavy atom. The van der Waals surface area contributed by atoms with Gasteiger partial charge in [-0.25, -0.2) is 14.6 Å². The summed E-state index contributed by atoms with van der Waals surface area (Å²) < 4.78 is 14.3. The highest BCUT2D eigenvalue weighted by molar-refractivity contribution is 5.89. The van der Waals surface area contributed by atoms with Crippen molar-refractivity contribution in [3.05, 3.63) is 50.7 Å². The van der Waals surface area contributed by atoms with Crippen LogP contribution in [0.25, 0.3) is 11.2 Å². The number of hydrogen-bond donors (Lipinski definition) is 0. The lowest BCUT2D eigenvalue weighted by atomic mass is 10.3. The molecule has 0 aliphatic carbocycles. The number of nitrogens with zero attached hydrogens (tertiary/aromatic N) is 5. The molecule has 0 aliphatic rings. The molecule has 0 aromatic carbocycles. The summed E-state index contributed by atoms with van der Waals surface area (Å²) in [6, 6.07) is 1.51. The zero-order chi connectivity index (χ0) is 19.9. The number of hydrogen-bond acceptors (Lipinski definition) is 7. The molecule has 0 aliphatic heterocycles. The SMILES string of the molecule is COc1cncc(C(=O)OC(C)c2nc3c(c(=O)n(C)c(=O)n3C)n2C)c1. The fraction of sp³-hybridized carbons (Fsp3) is 0.353. The summed E-state index contributed by atoms with van der Waals surface area (Å²) in [5.41, 5.74) is -0.246. The molecular formula is C17H19N5O5. The summed E-state index contributed by atoms with van der Waals surface area (Å²) in [7, 11) is 6.03. The summed E-state index contributed by atoms with van der Waals surface area (Å²) in [6.07, 6.45) is 2.08. The standard InChI is InChI=1S/C17H19N5O5/c1-9(27-16(24)10-6-11(26-5)8-18-7-10)13-19-14-12(20(13)2)15(23)22(4)17(25)21(14)3/h6-9H,1-5H3. The smallest absolute Gasteiger partial charge is 0.340 e. The Balaban J connectivity index is 2.00. The van der Waals surface area contributed by atoms with E-state index in [9.17, 15) is 14.4 Å². The van der Waals surface area contributed by atoms with Crippen LogP contribution in [-0.2, 0) is 25.9 Å². The van der Waals surface area contributed by atoms with Crippen molar-refractivity contribution >= 4 is 17.1 Å². The minimum atomic E-state index is -0.763. The molecule has 1 atom stereocenters. The van der Waals surface area contributed by atoms with Crippen LogP contribution in [0, 0.1) is 0 Å². The van der Waals surface area contributed by atoms with Crippen molar-refractivity contribution in [2.24, 2.45) is 21.1 Å². The molecule has 1 unspecified atom stereocenters. The Labute approximate surface area is 153 Å². The van der Waals surface area contributed by atoms with Gasteiger partial charge in [0.1, 0.15) is 5.75 Å². The van der Waals surface area contributed by atoms with Crippen molar-refractivity contribution in [3.63, 3.8) is 0 Å². The Bertz CT molecular complexity index is 1160. The maximum absolute atomic E-state index is 12.4. The number of rotatable bonds is 4. The summed E-state index contributed by atoms with van der Waals surface area (Å²) >= 11 is 0. The minimum absolute atomic E-state index is 0.225. The van der Waals surface area contributed by atoms with Gasteiger partial charge in [-0.05, 0) is 13.0 Å². The molecule has 0 saturated carbocycles. The number of carbonyl (C=O) groups excluding carboxylic acids is 1. The molecule has 3 heterocycles. The van der Waals surface area contributed by atoms with Crippen LogP contribution in [-0.4, -0.2) is 36.7 Å². The zero-order valence-electron chi connectivity index (χ0n) is 15.6. The Morgan fingerprint density at radius 2 is 1.81 bits per heavy atom. The lowest BCUT2D eigenvalue weighted by Gasteiger charge is -2.13. The highest BCUT2D eigenvalue weighted by atomic mass is 16.5. The van der Waals surface area contributed by atoms with Crippen LogP contribution in [0.1, 0.15) is 29.2 Å². The predicted octanol–water partition coefficient (Wildman–Crippen LogP) is 0.292. The molecule has 0 bridgehead atoms. The fourth-order valence-corrected chi connectivity index (χ4v) is 2.82. The van der Waals surface area contributed by atoms with E-state index in [4.69, 9.17) is 9.47 Å². The van der Waals surface area contributed by atoms with Gasteiger partial charge in [-0.3, -0.25) is 18.9 Å². The van der Waals surface area contributed by atoms with Gasteiger partial charge in [0.15, 0.2) is 23.1 Å². The maximum atomic E-state index is 12.4. The molecule has 142 valence electrons. The van der Waals surface area contributed by atoms with Gasteiger partial charge < -0.3 is 14.0 Å². The fourth-order valence-electron chi connectivity index (χ4n) is 2.82. The van der Waals surface area contributed by atoms with Gasteiger partial charge in [-0.15, -0.1) is 0 Å². The number of pyridine rings is 1. The second kappa shape index (κ2) is 6.71. The summed E-state index contributed by atoms with van der Waals surface area (Å²) in [5, 5.41) is 0. The van der Waals surface area contributed by atoms with Gasteiger partial charge >= 0.3 is 11.7 Å². The van der Waals surface area contributed by atoms with E-state index in [0.29, 0.717) is 11.6 Å². The van der Waals surface area contributed by atoms with Crippen molar-refractivity contribution in [1.29, 1.82) is 0 Å². The molecule has 3 aromatic rings. The summed E-state index contributed by atoms with van der Waals surface area (Å²) in [6.45, 7) is 1.63. The normalized spacial score (nSPS) is 12.2. The van der Waals surface area contributed by atoms with Gasteiger partial charge in [0.25, 0.3) is 5.56 Å². The van der Waals surface area contributed by atoms with E-state index in [2.05, 4.69) is 9.97 Å². The molecule has 27 heavy (non-hydrogen) atoms. The number of fused-ring (bicyclic) bond motifs is 1. The molecule has 3 rings (SSSR count). The molecule has 0 fully saturated rings. The summed E-state index contributed by atoms with van der Waals surface area (Å²) in [5.74, 6) is 0.161. The third-order valence-corrected chi connectivity index (χ3v) is 4.34. The zero-order valence-corrected chi connectivity index (χ0v) is 15.6. The van der Waals surface area contributed by atoms with Crippen molar-refractivity contribution in [3.8, 4) is 5.75 Å². The third-order valence-electron chi connectivity index (χ3n) is 4.34. The number of aromatic nitrogens is 5. The van der Waals surface area contributed by atoms with E-state index in [0.717, 1.165) is 4.57 Å². The molecule has 10 nitrogen and oxygen atoms in total. The largest absolute Gasteiger partial charge is 0.495 e. The molecule has 0 amide bonds. The van der Waals surface area contributed by atoms with E-state index in [1.165, 1.54) is 48.8 Å². The van der Waals surface area contributed by atoms with Crippen molar-refractivity contribution < 1.29 is 14.3 Å². The lowest BCUT2D eigenvalue weighted by Crippen LogP contribution is -2.37. The predicted molar refractivity (Wildman–Crippen MR) is 95.8 cm³/mol. The number of methoxy groups -OCH3 is 1. The number of imidazole rings is 1. The molecule has 0 radical (unpaired) electrons. The van der Waals surface area contributed by atoms with E-state index in [1.54, 1.807) is 14.0 Å². The average Bonchev–Trinajstić information content (AvgIpc) is 3.02. The van der Waals surface area contributed by atoms with Crippen LogP contribution >= 0.6 is 0 Å². The number of carbonyl (C=O) groups is 1. The minimum Gasteiger partial charge on any atom is -0.495 e. The molecular weight excluding hydrogens is 354 g/mol. The maximum Gasteiger partial charge on any atom is 0.340 e. The van der Waals surface area contributed by atoms with E-state index < -0.39 is 23.3 Å². The van der Waals surface area contributed by atoms with Gasteiger partial charge in [0, 0.05) is 27.3 Å². The second-order valence-electron chi connectivity index (χ2n) is 6.07. The number of esters is 1. The second-order valence-corrected chi connectivity index (χ2v) is 6.07. The van der Waals surface area contributed by atoms with Gasteiger partial charge in [0.05, 0.1) is 18.9 Å². The molecule has 0 saturated heterocycles. The van der Waals surface area contributed by atoms with Crippen LogP contribution < -0.4 is 16.0 Å². The van der Waals surface area contributed by atoms with Gasteiger partial charge in [-0.1, -0.05) is 0 Å². The summed E-state index contributed by atoms with van der Waals surface area (Å²) in [4.78, 5) is 45.2. The van der Waals surface area contributed by atoms with Crippen LogP contribution in [0.15, 0.2) is 28.0 Å². The highest BCUT2D eigenvalue weighted by Gasteiger charge is 2.23. The average molecular weight is 373 g/mol. The van der Waals surface area contributed by atoms with E-state index >= 15 is 0 Å². The Hall–Kier alpha value is -3.43. The molecule has 0 N–H and O–H groups in total. The van der Waals surface area contributed by atoms with Crippen LogP contribution in [0.3, 0.4) is 0 Å². The Kier molecular flexibility index (Phi) is 4.56. The van der Waals surface area contributed by atoms with Crippen molar-refractivity contribution in [2.45, 2.75) is 13.0 Å². The number of ether oxygens (including phenoxy) is 2. The quantitative estimate of drug-likeness (QED) is 0.605. The van der Waals surface area contributed by atoms with Gasteiger partial charge in [-0.2, -0.15) is 0 Å². The third kappa shape index (κ3) is 2.98. The first-order valence-corrected chi connectivity index (χ1v) is 8.08. The van der Waals surface area contributed by atoms with Gasteiger partial charge in [0.2, 0.25) is 0 Å². The topological polar surface area (TPSA) is 110 Å². The monoisotopic (exact) mass is 373 g/mol. The van der Waals surface area contributed by atoms with Crippen LogP contribution in [0.4, 0.5) is 0 Å². The van der Waals surface area contributed by atoms with Crippen LogP contribution in [0.2, 0.25) is 0 Å². The van der Waals surface area contributed by atoms with Crippen molar-refractivity contribution in [1.82, 2.24) is 23.7 Å². The highest BCUT2D eigenvalue weighted by Crippen LogP contribution is 2.21. The molecule has 10 heteroatoms. The first kappa shape index (κ1) is 18.4. The van der Waals surface area contributed by atoms with Crippen LogP contribution in [0.5, 0.6) is 5.75 Å². The van der Waals surface area contributed by atoms with E-state index in [1.807, 2.05) is 0 Å². The van der Waals surface area contributed by atoms with Crippen molar-refractivity contribution in [2.75, 3.05) is 7.11 Å². The first-order valence-electron chi connectivity index (χ1n) is 8.08. The molecule has 3 aromatic heterocycles.